The molecule has 0 aromatic carbocycles. The maximum atomic E-state index is 4.55. The molecule has 0 saturated carbocycles. The molecule has 1 heterocycles. The summed E-state index contributed by atoms with van der Waals surface area (Å²) in [6.07, 6.45) is 10.5. The van der Waals surface area contributed by atoms with Crippen molar-refractivity contribution in [3.8, 4) is 0 Å². The van der Waals surface area contributed by atoms with Crippen LogP contribution in [-0.2, 0) is 0 Å². The first kappa shape index (κ1) is 11.5. The second kappa shape index (κ2) is 7.84. The number of nitrogens with zero attached hydrogens (tertiary/aromatic N) is 1. The van der Waals surface area contributed by atoms with Gasteiger partial charge >= 0.3 is 0 Å². The van der Waals surface area contributed by atoms with Gasteiger partial charge in [-0.3, -0.25) is 4.99 Å². The number of aliphatic imine (C=N–C) groups is 1. The van der Waals surface area contributed by atoms with Crippen LogP contribution in [0.15, 0.2) is 4.99 Å². The summed E-state index contributed by atoms with van der Waals surface area (Å²) >= 11 is 0. The van der Waals surface area contributed by atoms with Gasteiger partial charge in [0.2, 0.25) is 0 Å². The van der Waals surface area contributed by atoms with E-state index in [0.29, 0.717) is 0 Å². The first-order valence-electron chi connectivity index (χ1n) is 6.20. The van der Waals surface area contributed by atoms with Gasteiger partial charge in [-0.1, -0.05) is 32.6 Å². The van der Waals surface area contributed by atoms with Gasteiger partial charge in [0.25, 0.3) is 0 Å². The smallest absolute Gasteiger partial charge is 0.0963 e. The normalized spacial score (nSPS) is 17.4. The maximum Gasteiger partial charge on any atom is 0.0963 e. The number of hydrogen-bond acceptors (Lipinski definition) is 2. The van der Waals surface area contributed by atoms with Crippen molar-refractivity contribution in [2.75, 3.05) is 13.1 Å². The molecule has 1 aliphatic heterocycles. The Hall–Kier alpha value is -0.530. The number of rotatable bonds is 5. The largest absolute Gasteiger partial charge is 0.374 e. The predicted octanol–water partition coefficient (Wildman–Crippen LogP) is 3.13. The second-order valence-electron chi connectivity index (χ2n) is 4.13. The van der Waals surface area contributed by atoms with E-state index in [-0.39, 0.29) is 0 Å². The van der Waals surface area contributed by atoms with Crippen molar-refractivity contribution in [2.45, 2.75) is 58.3 Å². The van der Waals surface area contributed by atoms with Crippen molar-refractivity contribution in [1.29, 1.82) is 0 Å². The Kier molecular flexibility index (Phi) is 6.46. The number of amidine groups is 1. The molecule has 0 unspecified atom stereocenters. The summed E-state index contributed by atoms with van der Waals surface area (Å²) in [4.78, 5) is 4.55. The van der Waals surface area contributed by atoms with Gasteiger partial charge < -0.3 is 5.32 Å². The van der Waals surface area contributed by atoms with Crippen molar-refractivity contribution >= 4 is 5.84 Å². The molecule has 0 saturated heterocycles. The third-order valence-corrected chi connectivity index (χ3v) is 2.73. The molecule has 0 amide bonds. The second-order valence-corrected chi connectivity index (χ2v) is 4.13. The fourth-order valence-electron chi connectivity index (χ4n) is 1.80. The highest BCUT2D eigenvalue weighted by Crippen LogP contribution is 2.06. The Bertz CT molecular complexity index is 164. The van der Waals surface area contributed by atoms with E-state index >= 15 is 0 Å². The summed E-state index contributed by atoms with van der Waals surface area (Å²) in [5.41, 5.74) is 0. The summed E-state index contributed by atoms with van der Waals surface area (Å²) in [6.45, 7) is 4.42. The highest BCUT2D eigenvalue weighted by atomic mass is 15.0. The quantitative estimate of drug-likeness (QED) is 0.671. The monoisotopic (exact) mass is 196 g/mol. The van der Waals surface area contributed by atoms with Gasteiger partial charge in [0.15, 0.2) is 0 Å². The molecule has 0 fully saturated rings. The molecular weight excluding hydrogens is 172 g/mol. The van der Waals surface area contributed by atoms with Gasteiger partial charge in [0.1, 0.15) is 0 Å². The molecule has 0 atom stereocenters. The molecule has 0 radical (unpaired) electrons. The van der Waals surface area contributed by atoms with E-state index in [1.54, 1.807) is 0 Å². The van der Waals surface area contributed by atoms with Gasteiger partial charge in [0, 0.05) is 19.5 Å². The van der Waals surface area contributed by atoms with Gasteiger partial charge in [-0.25, -0.2) is 0 Å². The molecule has 1 aliphatic rings. The summed E-state index contributed by atoms with van der Waals surface area (Å²) in [5, 5.41) is 3.47. The summed E-state index contributed by atoms with van der Waals surface area (Å²) in [6, 6.07) is 0. The van der Waals surface area contributed by atoms with Gasteiger partial charge in [-0.05, 0) is 19.3 Å². The van der Waals surface area contributed by atoms with Crippen LogP contribution >= 0.6 is 0 Å². The maximum absolute atomic E-state index is 4.55. The number of nitrogens with one attached hydrogen (secondary N) is 1. The lowest BCUT2D eigenvalue weighted by Crippen LogP contribution is -2.24. The zero-order valence-corrected chi connectivity index (χ0v) is 9.52. The molecule has 0 bridgehead atoms. The van der Waals surface area contributed by atoms with Crippen LogP contribution in [0.25, 0.3) is 0 Å². The minimum Gasteiger partial charge on any atom is -0.374 e. The molecule has 2 nitrogen and oxygen atoms in total. The van der Waals surface area contributed by atoms with E-state index in [4.69, 9.17) is 0 Å². The Morgan fingerprint density at radius 3 is 2.93 bits per heavy atom. The lowest BCUT2D eigenvalue weighted by molar-refractivity contribution is 0.650. The van der Waals surface area contributed by atoms with E-state index in [9.17, 15) is 0 Å². The van der Waals surface area contributed by atoms with Gasteiger partial charge in [-0.2, -0.15) is 0 Å². The molecule has 0 aliphatic carbocycles. The Balaban J connectivity index is 2.01. The van der Waals surface area contributed by atoms with Crippen molar-refractivity contribution in [3.63, 3.8) is 0 Å². The summed E-state index contributed by atoms with van der Waals surface area (Å²) < 4.78 is 0. The molecule has 14 heavy (non-hydrogen) atoms. The van der Waals surface area contributed by atoms with Gasteiger partial charge in [-0.15, -0.1) is 0 Å². The molecule has 0 aromatic heterocycles. The zero-order valence-electron chi connectivity index (χ0n) is 9.52. The zero-order chi connectivity index (χ0) is 10.1. The summed E-state index contributed by atoms with van der Waals surface area (Å²) in [5.74, 6) is 1.26. The topological polar surface area (TPSA) is 24.4 Å². The first-order chi connectivity index (χ1) is 6.93. The van der Waals surface area contributed by atoms with Gasteiger partial charge in [0.05, 0.1) is 5.84 Å². The van der Waals surface area contributed by atoms with E-state index in [1.807, 2.05) is 0 Å². The third-order valence-electron chi connectivity index (χ3n) is 2.73. The van der Waals surface area contributed by atoms with Crippen LogP contribution in [0.5, 0.6) is 0 Å². The number of unbranched alkanes of at least 4 members (excludes halogenated alkanes) is 3. The summed E-state index contributed by atoms with van der Waals surface area (Å²) in [7, 11) is 0. The van der Waals surface area contributed by atoms with Crippen molar-refractivity contribution in [2.24, 2.45) is 4.99 Å². The molecular formula is C12H24N2. The van der Waals surface area contributed by atoms with Crippen molar-refractivity contribution in [3.05, 3.63) is 0 Å². The van der Waals surface area contributed by atoms with E-state index in [0.717, 1.165) is 13.1 Å². The fourth-order valence-corrected chi connectivity index (χ4v) is 1.80. The molecule has 0 spiro atoms. The standard InChI is InChI=1S/C12H24N2/c1-2-3-4-7-10-13-12-9-6-5-8-11-14-12/h2-11H2,1H3,(H,13,14). The van der Waals surface area contributed by atoms with Crippen LogP contribution in [0.2, 0.25) is 0 Å². The minimum atomic E-state index is 1.04. The average molecular weight is 196 g/mol. The van der Waals surface area contributed by atoms with E-state index in [1.165, 1.54) is 57.2 Å². The van der Waals surface area contributed by atoms with Crippen LogP contribution in [0, 0.1) is 0 Å². The van der Waals surface area contributed by atoms with Crippen molar-refractivity contribution < 1.29 is 0 Å². The van der Waals surface area contributed by atoms with Crippen molar-refractivity contribution in [1.82, 2.24) is 5.32 Å². The Morgan fingerprint density at radius 2 is 2.07 bits per heavy atom. The third kappa shape index (κ3) is 5.25. The van der Waals surface area contributed by atoms with Crippen LogP contribution in [0.3, 0.4) is 0 Å². The molecule has 82 valence electrons. The van der Waals surface area contributed by atoms with Crippen LogP contribution in [0.4, 0.5) is 0 Å². The molecule has 1 rings (SSSR count). The Labute approximate surface area is 88.2 Å². The Morgan fingerprint density at radius 1 is 1.14 bits per heavy atom. The minimum absolute atomic E-state index is 1.04. The fraction of sp³-hybridized carbons (Fsp3) is 0.917. The predicted molar refractivity (Wildman–Crippen MR) is 62.9 cm³/mol. The van der Waals surface area contributed by atoms with Crippen LogP contribution < -0.4 is 5.32 Å². The van der Waals surface area contributed by atoms with E-state index in [2.05, 4.69) is 17.2 Å². The lowest BCUT2D eigenvalue weighted by atomic mass is 10.2. The highest BCUT2D eigenvalue weighted by Gasteiger charge is 2.02. The number of hydrogen-bond donors (Lipinski definition) is 1. The molecule has 0 aromatic rings. The molecule has 1 N–H and O–H groups in total. The average Bonchev–Trinajstić information content (AvgIpc) is 2.46. The lowest BCUT2D eigenvalue weighted by Gasteiger charge is -2.07. The SMILES string of the molecule is CCCCCCNC1=NCCCCC1. The van der Waals surface area contributed by atoms with E-state index < -0.39 is 0 Å². The molecule has 2 heteroatoms. The van der Waals surface area contributed by atoms with Crippen LogP contribution in [-0.4, -0.2) is 18.9 Å². The van der Waals surface area contributed by atoms with Crippen LogP contribution in [0.1, 0.15) is 58.3 Å². The first-order valence-corrected chi connectivity index (χ1v) is 6.20. The highest BCUT2D eigenvalue weighted by molar-refractivity contribution is 5.82.